The Labute approximate surface area is 109 Å². The summed E-state index contributed by atoms with van der Waals surface area (Å²) in [4.78, 5) is 47.1. The first-order chi connectivity index (χ1) is 8.93. The molecular formula is C10H15N3O6. The summed E-state index contributed by atoms with van der Waals surface area (Å²) in [7, 11) is 1.42. The number of methoxy groups -OCH3 is 1. The molecule has 0 radical (unpaired) electrons. The van der Waals surface area contributed by atoms with Gasteiger partial charge in [-0.05, 0) is 0 Å². The van der Waals surface area contributed by atoms with E-state index < -0.39 is 30.4 Å². The average Bonchev–Trinajstić information content (AvgIpc) is 2.32. The number of carboxylic acids is 1. The number of carboxylic acid groups (broad SMARTS) is 1. The largest absolute Gasteiger partial charge is 0.480 e. The highest BCUT2D eigenvalue weighted by Crippen LogP contribution is 2.02. The summed E-state index contributed by atoms with van der Waals surface area (Å²) in [5.41, 5.74) is 0. The number of nitrogens with one attached hydrogen (secondary N) is 1. The van der Waals surface area contributed by atoms with E-state index in [9.17, 15) is 19.2 Å². The third-order valence-electron chi connectivity index (χ3n) is 2.38. The van der Waals surface area contributed by atoms with Crippen molar-refractivity contribution < 1.29 is 29.0 Å². The van der Waals surface area contributed by atoms with E-state index in [2.05, 4.69) is 5.32 Å². The van der Waals surface area contributed by atoms with Crippen LogP contribution in [0.15, 0.2) is 0 Å². The molecule has 0 bridgehead atoms. The number of piperazine rings is 1. The van der Waals surface area contributed by atoms with Gasteiger partial charge in [0.25, 0.3) is 0 Å². The van der Waals surface area contributed by atoms with Crippen LogP contribution in [0.5, 0.6) is 0 Å². The van der Waals surface area contributed by atoms with Crippen molar-refractivity contribution in [1.82, 2.24) is 15.1 Å². The van der Waals surface area contributed by atoms with E-state index in [1.807, 2.05) is 0 Å². The van der Waals surface area contributed by atoms with E-state index in [0.29, 0.717) is 0 Å². The van der Waals surface area contributed by atoms with Crippen LogP contribution in [0, 0.1) is 0 Å². The number of amides is 4. The Kier molecular flexibility index (Phi) is 5.24. The molecule has 9 nitrogen and oxygen atoms in total. The van der Waals surface area contributed by atoms with Crippen LogP contribution in [-0.4, -0.2) is 78.6 Å². The van der Waals surface area contributed by atoms with E-state index in [1.165, 1.54) is 7.11 Å². The predicted molar refractivity (Wildman–Crippen MR) is 61.2 cm³/mol. The minimum Gasteiger partial charge on any atom is -0.480 e. The molecule has 0 atom stereocenters. The van der Waals surface area contributed by atoms with Gasteiger partial charge in [-0.2, -0.15) is 0 Å². The summed E-state index contributed by atoms with van der Waals surface area (Å²) in [6.45, 7) is -0.837. The highest BCUT2D eigenvalue weighted by atomic mass is 16.5. The standard InChI is InChI=1S/C10H15N3O6/c1-19-3-2-12(6-9(16)17)10(18)13-4-7(14)11-8(15)5-13/h2-6H2,1H3,(H,16,17)(H,11,14,15). The lowest BCUT2D eigenvalue weighted by Gasteiger charge is -2.31. The average molecular weight is 273 g/mol. The Morgan fingerprint density at radius 2 is 1.95 bits per heavy atom. The normalized spacial score (nSPS) is 15.1. The zero-order valence-corrected chi connectivity index (χ0v) is 10.4. The number of imide groups is 1. The molecule has 1 rings (SSSR count). The zero-order valence-electron chi connectivity index (χ0n) is 10.4. The van der Waals surface area contributed by atoms with Gasteiger partial charge in [-0.1, -0.05) is 0 Å². The summed E-state index contributed by atoms with van der Waals surface area (Å²) in [5, 5.41) is 10.8. The maximum atomic E-state index is 12.0. The molecule has 1 aliphatic rings. The van der Waals surface area contributed by atoms with E-state index in [0.717, 1.165) is 9.80 Å². The smallest absolute Gasteiger partial charge is 0.323 e. The summed E-state index contributed by atoms with van der Waals surface area (Å²) >= 11 is 0. The lowest BCUT2D eigenvalue weighted by Crippen LogP contribution is -2.57. The van der Waals surface area contributed by atoms with Crippen LogP contribution in [0.1, 0.15) is 0 Å². The number of carbonyl (C=O) groups is 4. The minimum atomic E-state index is -1.18. The number of urea groups is 1. The second kappa shape index (κ2) is 6.69. The van der Waals surface area contributed by atoms with Crippen molar-refractivity contribution in [2.24, 2.45) is 0 Å². The van der Waals surface area contributed by atoms with Crippen LogP contribution in [0.4, 0.5) is 4.79 Å². The van der Waals surface area contributed by atoms with Crippen LogP contribution in [0.3, 0.4) is 0 Å². The van der Waals surface area contributed by atoms with Crippen molar-refractivity contribution in [3.63, 3.8) is 0 Å². The van der Waals surface area contributed by atoms with E-state index in [-0.39, 0.29) is 26.2 Å². The highest BCUT2D eigenvalue weighted by Gasteiger charge is 2.30. The van der Waals surface area contributed by atoms with Gasteiger partial charge >= 0.3 is 12.0 Å². The van der Waals surface area contributed by atoms with Gasteiger partial charge in [-0.3, -0.25) is 19.7 Å². The first kappa shape index (κ1) is 14.9. The minimum absolute atomic E-state index is 0.0634. The van der Waals surface area contributed by atoms with Crippen molar-refractivity contribution in [3.05, 3.63) is 0 Å². The molecular weight excluding hydrogens is 258 g/mol. The van der Waals surface area contributed by atoms with Gasteiger partial charge in [0.2, 0.25) is 11.8 Å². The van der Waals surface area contributed by atoms with Crippen LogP contribution >= 0.6 is 0 Å². The van der Waals surface area contributed by atoms with Crippen molar-refractivity contribution in [2.45, 2.75) is 0 Å². The Bertz CT molecular complexity index is 381. The van der Waals surface area contributed by atoms with Crippen molar-refractivity contribution >= 4 is 23.8 Å². The van der Waals surface area contributed by atoms with Gasteiger partial charge in [0.1, 0.15) is 19.6 Å². The van der Waals surface area contributed by atoms with Gasteiger partial charge in [0.15, 0.2) is 0 Å². The highest BCUT2D eigenvalue weighted by molar-refractivity contribution is 6.02. The van der Waals surface area contributed by atoms with E-state index >= 15 is 0 Å². The van der Waals surface area contributed by atoms with E-state index in [1.54, 1.807) is 0 Å². The van der Waals surface area contributed by atoms with Gasteiger partial charge in [-0.15, -0.1) is 0 Å². The van der Waals surface area contributed by atoms with Gasteiger partial charge in [-0.25, -0.2) is 4.79 Å². The Balaban J connectivity index is 2.70. The Hall–Kier alpha value is -2.16. The summed E-state index contributed by atoms with van der Waals surface area (Å²) in [6.07, 6.45) is 0. The summed E-state index contributed by atoms with van der Waals surface area (Å²) in [6, 6.07) is -0.678. The van der Waals surface area contributed by atoms with Gasteiger partial charge in [0.05, 0.1) is 6.61 Å². The molecule has 4 amide bonds. The lowest BCUT2D eigenvalue weighted by molar-refractivity contribution is -0.137. The SMILES string of the molecule is COCCN(CC(=O)O)C(=O)N1CC(=O)NC(=O)C1. The zero-order chi connectivity index (χ0) is 14.4. The molecule has 0 aromatic rings. The molecule has 1 aliphatic heterocycles. The van der Waals surface area contributed by atoms with Gasteiger partial charge < -0.3 is 19.6 Å². The van der Waals surface area contributed by atoms with Crippen molar-refractivity contribution in [1.29, 1.82) is 0 Å². The number of carbonyl (C=O) groups excluding carboxylic acids is 3. The number of hydrogen-bond acceptors (Lipinski definition) is 5. The fraction of sp³-hybridized carbons (Fsp3) is 0.600. The molecule has 9 heteroatoms. The topological polar surface area (TPSA) is 116 Å². The van der Waals surface area contributed by atoms with Crippen LogP contribution < -0.4 is 5.32 Å². The van der Waals surface area contributed by atoms with Crippen LogP contribution in [0.2, 0.25) is 0 Å². The fourth-order valence-corrected chi connectivity index (χ4v) is 1.58. The molecule has 0 aromatic carbocycles. The predicted octanol–water partition coefficient (Wildman–Crippen LogP) is -1.90. The second-order valence-electron chi connectivity index (χ2n) is 3.92. The number of rotatable bonds is 5. The third kappa shape index (κ3) is 4.54. The Morgan fingerprint density at radius 3 is 2.42 bits per heavy atom. The second-order valence-corrected chi connectivity index (χ2v) is 3.92. The number of hydrogen-bond donors (Lipinski definition) is 2. The molecule has 0 aliphatic carbocycles. The molecule has 0 aromatic heterocycles. The maximum Gasteiger partial charge on any atom is 0.323 e. The molecule has 0 spiro atoms. The quantitative estimate of drug-likeness (QED) is 0.565. The molecule has 1 saturated heterocycles. The third-order valence-corrected chi connectivity index (χ3v) is 2.38. The summed E-state index contributed by atoms with van der Waals surface area (Å²) in [5.74, 6) is -2.37. The molecule has 2 N–H and O–H groups in total. The van der Waals surface area contributed by atoms with Crippen molar-refractivity contribution in [3.8, 4) is 0 Å². The fourth-order valence-electron chi connectivity index (χ4n) is 1.58. The first-order valence-corrected chi connectivity index (χ1v) is 5.51. The lowest BCUT2D eigenvalue weighted by atomic mass is 10.3. The molecule has 106 valence electrons. The molecule has 1 fully saturated rings. The number of nitrogens with zero attached hydrogens (tertiary/aromatic N) is 2. The molecule has 19 heavy (non-hydrogen) atoms. The maximum absolute atomic E-state index is 12.0. The first-order valence-electron chi connectivity index (χ1n) is 5.51. The number of aliphatic carboxylic acids is 1. The summed E-state index contributed by atoms with van der Waals surface area (Å²) < 4.78 is 4.78. The van der Waals surface area contributed by atoms with E-state index in [4.69, 9.17) is 9.84 Å². The van der Waals surface area contributed by atoms with Crippen LogP contribution in [0.25, 0.3) is 0 Å². The van der Waals surface area contributed by atoms with Crippen LogP contribution in [-0.2, 0) is 19.1 Å². The number of ether oxygens (including phenoxy) is 1. The van der Waals surface area contributed by atoms with Crippen molar-refractivity contribution in [2.75, 3.05) is 39.9 Å². The van der Waals surface area contributed by atoms with Gasteiger partial charge in [0, 0.05) is 13.7 Å². The molecule has 0 saturated carbocycles. The molecule has 0 unspecified atom stereocenters. The monoisotopic (exact) mass is 273 g/mol. The Morgan fingerprint density at radius 1 is 1.37 bits per heavy atom. The molecule has 1 heterocycles.